The Morgan fingerprint density at radius 1 is 1.00 bits per heavy atom. The lowest BCUT2D eigenvalue weighted by Gasteiger charge is -2.28. The predicted molar refractivity (Wildman–Crippen MR) is 79.1 cm³/mol. The highest BCUT2D eigenvalue weighted by Crippen LogP contribution is 2.26. The maximum absolute atomic E-state index is 12.3. The normalized spacial score (nSPS) is 24.1. The maximum atomic E-state index is 12.3. The molecule has 0 aromatic heterocycles. The van der Waals surface area contributed by atoms with E-state index in [2.05, 4.69) is 16.3 Å². The van der Waals surface area contributed by atoms with Crippen molar-refractivity contribution in [2.45, 2.75) is 69.7 Å². The Bertz CT molecular complexity index is 345. The van der Waals surface area contributed by atoms with Gasteiger partial charge in [0.05, 0.1) is 12.6 Å². The number of nitrogens with one attached hydrogen (secondary N) is 1. The average Bonchev–Trinajstić information content (AvgIpc) is 2.82. The SMILES string of the molecule is N#CC1(NC(=O)CN2CCCCCC2)CCCCCC1. The van der Waals surface area contributed by atoms with Crippen LogP contribution in [0.15, 0.2) is 0 Å². The zero-order valence-electron chi connectivity index (χ0n) is 12.5. The molecule has 0 aromatic carbocycles. The minimum atomic E-state index is -0.598. The summed E-state index contributed by atoms with van der Waals surface area (Å²) in [6, 6.07) is 2.39. The predicted octanol–water partition coefficient (Wildman–Crippen LogP) is 2.60. The summed E-state index contributed by atoms with van der Waals surface area (Å²) in [5.74, 6) is 0.0374. The average molecular weight is 277 g/mol. The molecule has 0 unspecified atom stereocenters. The standard InChI is InChI=1S/C16H27N3O/c17-14-16(9-5-1-2-6-10-16)18-15(20)13-19-11-7-3-4-8-12-19/h1-13H2,(H,18,20). The fraction of sp³-hybridized carbons (Fsp3) is 0.875. The molecule has 0 atom stereocenters. The Kier molecular flexibility index (Phi) is 5.85. The van der Waals surface area contributed by atoms with Gasteiger partial charge in [0.2, 0.25) is 5.91 Å². The topological polar surface area (TPSA) is 56.1 Å². The van der Waals surface area contributed by atoms with Crippen LogP contribution in [-0.4, -0.2) is 36.0 Å². The maximum Gasteiger partial charge on any atom is 0.235 e. The fourth-order valence-electron chi connectivity index (χ4n) is 3.40. The lowest BCUT2D eigenvalue weighted by Crippen LogP contribution is -2.50. The van der Waals surface area contributed by atoms with Crippen LogP contribution in [-0.2, 0) is 4.79 Å². The third-order valence-corrected chi connectivity index (χ3v) is 4.62. The van der Waals surface area contributed by atoms with Crippen molar-refractivity contribution in [2.24, 2.45) is 0 Å². The number of nitrogens with zero attached hydrogens (tertiary/aromatic N) is 2. The van der Waals surface area contributed by atoms with Crippen molar-refractivity contribution in [1.82, 2.24) is 10.2 Å². The van der Waals surface area contributed by atoms with Crippen LogP contribution < -0.4 is 5.32 Å². The molecule has 0 spiro atoms. The molecule has 2 rings (SSSR count). The van der Waals surface area contributed by atoms with Gasteiger partial charge < -0.3 is 5.32 Å². The van der Waals surface area contributed by atoms with E-state index in [4.69, 9.17) is 0 Å². The van der Waals surface area contributed by atoms with Crippen molar-refractivity contribution in [3.8, 4) is 6.07 Å². The number of carbonyl (C=O) groups excluding carboxylic acids is 1. The Morgan fingerprint density at radius 3 is 2.10 bits per heavy atom. The molecule has 0 aromatic rings. The van der Waals surface area contributed by atoms with Gasteiger partial charge in [0.1, 0.15) is 5.54 Å². The number of carbonyl (C=O) groups is 1. The van der Waals surface area contributed by atoms with Gasteiger partial charge in [0.25, 0.3) is 0 Å². The van der Waals surface area contributed by atoms with E-state index in [0.717, 1.165) is 38.8 Å². The summed E-state index contributed by atoms with van der Waals surface area (Å²) in [5, 5.41) is 12.5. The third-order valence-electron chi connectivity index (χ3n) is 4.62. The van der Waals surface area contributed by atoms with E-state index in [-0.39, 0.29) is 5.91 Å². The van der Waals surface area contributed by atoms with E-state index < -0.39 is 5.54 Å². The third kappa shape index (κ3) is 4.49. The van der Waals surface area contributed by atoms with Crippen LogP contribution in [0.5, 0.6) is 0 Å². The first-order chi connectivity index (χ1) is 9.74. The molecule has 2 fully saturated rings. The number of amides is 1. The lowest BCUT2D eigenvalue weighted by molar-refractivity contribution is -0.123. The minimum Gasteiger partial charge on any atom is -0.337 e. The monoisotopic (exact) mass is 277 g/mol. The highest BCUT2D eigenvalue weighted by molar-refractivity contribution is 5.79. The van der Waals surface area contributed by atoms with Crippen molar-refractivity contribution < 1.29 is 4.79 Å². The zero-order chi connectivity index (χ0) is 14.3. The van der Waals surface area contributed by atoms with E-state index in [1.807, 2.05) is 0 Å². The summed E-state index contributed by atoms with van der Waals surface area (Å²) in [6.07, 6.45) is 11.0. The van der Waals surface area contributed by atoms with Gasteiger partial charge in [-0.3, -0.25) is 9.69 Å². The second-order valence-electron chi connectivity index (χ2n) is 6.35. The van der Waals surface area contributed by atoms with E-state index in [1.165, 1.54) is 38.5 Å². The second-order valence-corrected chi connectivity index (χ2v) is 6.35. The molecule has 1 heterocycles. The molecule has 0 bridgehead atoms. The summed E-state index contributed by atoms with van der Waals surface area (Å²) in [7, 11) is 0. The smallest absolute Gasteiger partial charge is 0.235 e. The molecule has 2 aliphatic rings. The molecule has 1 saturated carbocycles. The zero-order valence-corrected chi connectivity index (χ0v) is 12.5. The molecule has 20 heavy (non-hydrogen) atoms. The summed E-state index contributed by atoms with van der Waals surface area (Å²) >= 11 is 0. The van der Waals surface area contributed by atoms with Gasteiger partial charge in [0, 0.05) is 0 Å². The quantitative estimate of drug-likeness (QED) is 0.807. The molecule has 1 N–H and O–H groups in total. The molecule has 4 nitrogen and oxygen atoms in total. The van der Waals surface area contributed by atoms with Crippen LogP contribution in [0.3, 0.4) is 0 Å². The summed E-state index contributed by atoms with van der Waals surface area (Å²) in [5.41, 5.74) is -0.598. The van der Waals surface area contributed by atoms with Gasteiger partial charge in [-0.1, -0.05) is 38.5 Å². The first kappa shape index (κ1) is 15.3. The Balaban J connectivity index is 1.86. The summed E-state index contributed by atoms with van der Waals surface area (Å²) in [6.45, 7) is 2.50. The van der Waals surface area contributed by atoms with Gasteiger partial charge in [-0.15, -0.1) is 0 Å². The number of hydrogen-bond acceptors (Lipinski definition) is 3. The summed E-state index contributed by atoms with van der Waals surface area (Å²) in [4.78, 5) is 14.5. The number of likely N-dealkylation sites (tertiary alicyclic amines) is 1. The minimum absolute atomic E-state index is 0.0374. The molecule has 112 valence electrons. The van der Waals surface area contributed by atoms with Crippen molar-refractivity contribution in [3.05, 3.63) is 0 Å². The van der Waals surface area contributed by atoms with E-state index in [9.17, 15) is 10.1 Å². The second kappa shape index (κ2) is 7.64. The Labute approximate surface area is 122 Å². The van der Waals surface area contributed by atoms with Gasteiger partial charge in [0.15, 0.2) is 0 Å². The highest BCUT2D eigenvalue weighted by atomic mass is 16.2. The van der Waals surface area contributed by atoms with E-state index in [1.54, 1.807) is 0 Å². The van der Waals surface area contributed by atoms with Crippen LogP contribution in [0.4, 0.5) is 0 Å². The molecular formula is C16H27N3O. The van der Waals surface area contributed by atoms with Crippen molar-refractivity contribution >= 4 is 5.91 Å². The van der Waals surface area contributed by atoms with Gasteiger partial charge >= 0.3 is 0 Å². The molecular weight excluding hydrogens is 250 g/mol. The molecule has 1 saturated heterocycles. The van der Waals surface area contributed by atoms with E-state index in [0.29, 0.717) is 6.54 Å². The fourth-order valence-corrected chi connectivity index (χ4v) is 3.40. The number of hydrogen-bond donors (Lipinski definition) is 1. The van der Waals surface area contributed by atoms with Crippen LogP contribution in [0.1, 0.15) is 64.2 Å². The summed E-state index contributed by atoms with van der Waals surface area (Å²) < 4.78 is 0. The molecule has 0 radical (unpaired) electrons. The first-order valence-electron chi connectivity index (χ1n) is 8.19. The van der Waals surface area contributed by atoms with E-state index >= 15 is 0 Å². The number of nitriles is 1. The molecule has 1 aliphatic heterocycles. The Morgan fingerprint density at radius 2 is 1.55 bits per heavy atom. The van der Waals surface area contributed by atoms with Gasteiger partial charge in [-0.2, -0.15) is 5.26 Å². The van der Waals surface area contributed by atoms with Gasteiger partial charge in [-0.05, 0) is 38.8 Å². The van der Waals surface area contributed by atoms with Crippen LogP contribution in [0.2, 0.25) is 0 Å². The van der Waals surface area contributed by atoms with Crippen molar-refractivity contribution in [1.29, 1.82) is 5.26 Å². The van der Waals surface area contributed by atoms with Crippen LogP contribution in [0.25, 0.3) is 0 Å². The Hall–Kier alpha value is -1.08. The molecule has 1 aliphatic carbocycles. The highest BCUT2D eigenvalue weighted by Gasteiger charge is 2.32. The van der Waals surface area contributed by atoms with Crippen molar-refractivity contribution in [2.75, 3.05) is 19.6 Å². The first-order valence-corrected chi connectivity index (χ1v) is 8.19. The van der Waals surface area contributed by atoms with Crippen LogP contribution in [0, 0.1) is 11.3 Å². The molecule has 1 amide bonds. The van der Waals surface area contributed by atoms with Gasteiger partial charge in [-0.25, -0.2) is 0 Å². The lowest BCUT2D eigenvalue weighted by atomic mass is 9.92. The molecule has 4 heteroatoms. The van der Waals surface area contributed by atoms with Crippen LogP contribution >= 0.6 is 0 Å². The van der Waals surface area contributed by atoms with Crippen molar-refractivity contribution in [3.63, 3.8) is 0 Å². The number of rotatable bonds is 3. The largest absolute Gasteiger partial charge is 0.337 e.